The minimum absolute atomic E-state index is 0.710. The zero-order chi connectivity index (χ0) is 13.8. The Balaban J connectivity index is 1.70. The molecule has 2 aromatic carbocycles. The molecule has 0 atom stereocenters. The van der Waals surface area contributed by atoms with E-state index >= 15 is 0 Å². The summed E-state index contributed by atoms with van der Waals surface area (Å²) < 4.78 is 5.83. The van der Waals surface area contributed by atoms with Gasteiger partial charge in [-0.25, -0.2) is 0 Å². The van der Waals surface area contributed by atoms with Gasteiger partial charge in [0, 0.05) is 13.0 Å². The van der Waals surface area contributed by atoms with Gasteiger partial charge in [-0.05, 0) is 29.8 Å². The number of para-hydroxylation sites is 1. The molecule has 0 spiro atoms. The molecule has 0 amide bonds. The third-order valence-electron chi connectivity index (χ3n) is 3.14. The van der Waals surface area contributed by atoms with Crippen LogP contribution >= 0.6 is 0 Å². The SMILES string of the molecule is NC1=NN(Cc2cccc(Oc3ccccc3)c2)CC1. The largest absolute Gasteiger partial charge is 0.457 e. The summed E-state index contributed by atoms with van der Waals surface area (Å²) in [5, 5.41) is 6.27. The highest BCUT2D eigenvalue weighted by Crippen LogP contribution is 2.22. The Morgan fingerprint density at radius 2 is 1.85 bits per heavy atom. The first kappa shape index (κ1) is 12.5. The highest BCUT2D eigenvalue weighted by Gasteiger charge is 2.11. The molecule has 1 aliphatic heterocycles. The molecule has 0 saturated carbocycles. The minimum Gasteiger partial charge on any atom is -0.457 e. The van der Waals surface area contributed by atoms with Gasteiger partial charge in [0.25, 0.3) is 0 Å². The normalized spacial score (nSPS) is 14.2. The van der Waals surface area contributed by atoms with Crippen LogP contribution in [0.2, 0.25) is 0 Å². The van der Waals surface area contributed by atoms with E-state index in [1.165, 1.54) is 0 Å². The first-order chi connectivity index (χ1) is 9.79. The van der Waals surface area contributed by atoms with Gasteiger partial charge in [-0.1, -0.05) is 30.3 Å². The maximum atomic E-state index is 5.83. The molecule has 0 unspecified atom stereocenters. The fraction of sp³-hybridized carbons (Fsp3) is 0.188. The van der Waals surface area contributed by atoms with E-state index in [9.17, 15) is 0 Å². The molecule has 20 heavy (non-hydrogen) atoms. The van der Waals surface area contributed by atoms with E-state index in [2.05, 4.69) is 11.2 Å². The van der Waals surface area contributed by atoms with Gasteiger partial charge in [-0.15, -0.1) is 0 Å². The van der Waals surface area contributed by atoms with Gasteiger partial charge in [0.1, 0.15) is 17.3 Å². The van der Waals surface area contributed by atoms with Crippen molar-refractivity contribution in [3.63, 3.8) is 0 Å². The van der Waals surface area contributed by atoms with Crippen molar-refractivity contribution >= 4 is 5.84 Å². The molecule has 0 aliphatic carbocycles. The van der Waals surface area contributed by atoms with Crippen LogP contribution < -0.4 is 10.5 Å². The van der Waals surface area contributed by atoms with Crippen LogP contribution in [0.5, 0.6) is 11.5 Å². The van der Waals surface area contributed by atoms with E-state index in [0.717, 1.165) is 36.6 Å². The summed E-state index contributed by atoms with van der Waals surface area (Å²) in [6.45, 7) is 1.64. The molecule has 102 valence electrons. The molecule has 1 heterocycles. The average molecular weight is 267 g/mol. The smallest absolute Gasteiger partial charge is 0.127 e. The van der Waals surface area contributed by atoms with Crippen LogP contribution in [-0.2, 0) is 6.54 Å². The Labute approximate surface area is 118 Å². The van der Waals surface area contributed by atoms with Crippen LogP contribution in [0.4, 0.5) is 0 Å². The lowest BCUT2D eigenvalue weighted by atomic mass is 10.2. The molecule has 2 N–H and O–H groups in total. The Bertz CT molecular complexity index is 610. The summed E-state index contributed by atoms with van der Waals surface area (Å²) in [6.07, 6.45) is 0.847. The van der Waals surface area contributed by atoms with Crippen LogP contribution in [0, 0.1) is 0 Å². The predicted octanol–water partition coefficient (Wildman–Crippen LogP) is 2.96. The van der Waals surface area contributed by atoms with Gasteiger partial charge in [0.05, 0.1) is 6.54 Å². The molecule has 0 fully saturated rings. The Hall–Kier alpha value is -2.49. The quantitative estimate of drug-likeness (QED) is 0.926. The van der Waals surface area contributed by atoms with Crippen molar-refractivity contribution < 1.29 is 4.74 Å². The monoisotopic (exact) mass is 267 g/mol. The topological polar surface area (TPSA) is 50.8 Å². The summed E-state index contributed by atoms with van der Waals surface area (Å²) in [7, 11) is 0. The number of ether oxygens (including phenoxy) is 1. The summed E-state index contributed by atoms with van der Waals surface area (Å²) >= 11 is 0. The number of benzene rings is 2. The highest BCUT2D eigenvalue weighted by molar-refractivity contribution is 5.81. The van der Waals surface area contributed by atoms with E-state index < -0.39 is 0 Å². The second-order valence-corrected chi connectivity index (χ2v) is 4.79. The number of hydrogen-bond acceptors (Lipinski definition) is 4. The van der Waals surface area contributed by atoms with Gasteiger partial charge in [-0.3, -0.25) is 5.01 Å². The van der Waals surface area contributed by atoms with Crippen molar-refractivity contribution in [1.29, 1.82) is 0 Å². The highest BCUT2D eigenvalue weighted by atomic mass is 16.5. The molecule has 4 nitrogen and oxygen atoms in total. The number of hydrazone groups is 1. The zero-order valence-corrected chi connectivity index (χ0v) is 11.2. The fourth-order valence-electron chi connectivity index (χ4n) is 2.18. The van der Waals surface area contributed by atoms with Gasteiger partial charge >= 0.3 is 0 Å². The van der Waals surface area contributed by atoms with Crippen LogP contribution in [0.15, 0.2) is 59.7 Å². The molecule has 4 heteroatoms. The van der Waals surface area contributed by atoms with Gasteiger partial charge in [0.2, 0.25) is 0 Å². The maximum Gasteiger partial charge on any atom is 0.127 e. The van der Waals surface area contributed by atoms with Crippen LogP contribution in [-0.4, -0.2) is 17.4 Å². The lowest BCUT2D eigenvalue weighted by Crippen LogP contribution is -2.13. The fourth-order valence-corrected chi connectivity index (χ4v) is 2.18. The van der Waals surface area contributed by atoms with Crippen molar-refractivity contribution in [2.24, 2.45) is 10.8 Å². The third kappa shape index (κ3) is 3.09. The molecule has 2 aromatic rings. The number of amidine groups is 1. The Morgan fingerprint density at radius 1 is 1.05 bits per heavy atom. The number of rotatable bonds is 4. The van der Waals surface area contributed by atoms with Crippen molar-refractivity contribution in [3.05, 3.63) is 60.2 Å². The number of nitrogens with two attached hydrogens (primary N) is 1. The van der Waals surface area contributed by atoms with Crippen molar-refractivity contribution in [3.8, 4) is 11.5 Å². The molecule has 0 radical (unpaired) electrons. The van der Waals surface area contributed by atoms with Gasteiger partial charge in [-0.2, -0.15) is 5.10 Å². The second-order valence-electron chi connectivity index (χ2n) is 4.79. The van der Waals surface area contributed by atoms with Crippen LogP contribution in [0.3, 0.4) is 0 Å². The molecule has 0 saturated heterocycles. The average Bonchev–Trinajstić information content (AvgIpc) is 2.86. The molecular formula is C16H17N3O. The van der Waals surface area contributed by atoms with E-state index in [1.54, 1.807) is 0 Å². The number of nitrogens with zero attached hydrogens (tertiary/aromatic N) is 2. The van der Waals surface area contributed by atoms with Crippen molar-refractivity contribution in [2.45, 2.75) is 13.0 Å². The summed E-state index contributed by atoms with van der Waals surface area (Å²) in [5.41, 5.74) is 6.86. The lowest BCUT2D eigenvalue weighted by Gasteiger charge is -2.14. The van der Waals surface area contributed by atoms with Gasteiger partial charge in [0.15, 0.2) is 0 Å². The second kappa shape index (κ2) is 5.65. The third-order valence-corrected chi connectivity index (χ3v) is 3.14. The van der Waals surface area contributed by atoms with Crippen molar-refractivity contribution in [2.75, 3.05) is 6.54 Å². The lowest BCUT2D eigenvalue weighted by molar-refractivity contribution is 0.309. The van der Waals surface area contributed by atoms with Gasteiger partial charge < -0.3 is 10.5 Å². The maximum absolute atomic E-state index is 5.83. The summed E-state index contributed by atoms with van der Waals surface area (Å²) in [4.78, 5) is 0. The van der Waals surface area contributed by atoms with E-state index in [0.29, 0.717) is 5.84 Å². The molecule has 0 aromatic heterocycles. The first-order valence-corrected chi connectivity index (χ1v) is 6.69. The molecule has 0 bridgehead atoms. The van der Waals surface area contributed by atoms with Crippen molar-refractivity contribution in [1.82, 2.24) is 5.01 Å². The molecular weight excluding hydrogens is 250 g/mol. The summed E-state index contributed by atoms with van der Waals surface area (Å²) in [5.74, 6) is 2.39. The summed E-state index contributed by atoms with van der Waals surface area (Å²) in [6, 6.07) is 17.8. The van der Waals surface area contributed by atoms with Crippen LogP contribution in [0.25, 0.3) is 0 Å². The van der Waals surface area contributed by atoms with E-state index in [-0.39, 0.29) is 0 Å². The van der Waals surface area contributed by atoms with Crippen LogP contribution in [0.1, 0.15) is 12.0 Å². The number of hydrogen-bond donors (Lipinski definition) is 1. The zero-order valence-electron chi connectivity index (χ0n) is 11.2. The Kier molecular flexibility index (Phi) is 3.54. The van der Waals surface area contributed by atoms with E-state index in [1.807, 2.05) is 53.5 Å². The minimum atomic E-state index is 0.710. The first-order valence-electron chi connectivity index (χ1n) is 6.69. The molecule has 1 aliphatic rings. The Morgan fingerprint density at radius 3 is 2.60 bits per heavy atom. The standard InChI is InChI=1S/C16H17N3O/c17-16-9-10-19(18-16)12-13-5-4-8-15(11-13)20-14-6-2-1-3-7-14/h1-8,11H,9-10,12H2,(H2,17,18). The predicted molar refractivity (Wildman–Crippen MR) is 79.6 cm³/mol. The van der Waals surface area contributed by atoms with E-state index in [4.69, 9.17) is 10.5 Å². The molecule has 3 rings (SSSR count).